The molecule has 1 aliphatic rings. The lowest BCUT2D eigenvalue weighted by molar-refractivity contribution is -0.385. The van der Waals surface area contributed by atoms with E-state index >= 15 is 0 Å². The Bertz CT molecular complexity index is 550. The van der Waals surface area contributed by atoms with Gasteiger partial charge < -0.3 is 10.1 Å². The number of nitrogens with zero attached hydrogens (tertiary/aromatic N) is 3. The van der Waals surface area contributed by atoms with Crippen LogP contribution in [0.4, 0.5) is 11.4 Å². The first kappa shape index (κ1) is 15.2. The Balaban J connectivity index is 1.98. The van der Waals surface area contributed by atoms with E-state index in [1.165, 1.54) is 12.1 Å². The van der Waals surface area contributed by atoms with Crippen LogP contribution in [0.1, 0.15) is 12.5 Å². The molecule has 0 radical (unpaired) electrons. The van der Waals surface area contributed by atoms with E-state index in [9.17, 15) is 10.1 Å². The molecule has 0 aromatic heterocycles. The quantitative estimate of drug-likeness (QED) is 0.654. The predicted octanol–water partition coefficient (Wildman–Crippen LogP) is 1.60. The minimum Gasteiger partial charge on any atom is -0.381 e. The van der Waals surface area contributed by atoms with E-state index < -0.39 is 4.92 Å². The molecule has 1 heterocycles. The Labute approximate surface area is 123 Å². The van der Waals surface area contributed by atoms with Gasteiger partial charge in [0.1, 0.15) is 11.6 Å². The Morgan fingerprint density at radius 2 is 2.24 bits per heavy atom. The van der Waals surface area contributed by atoms with Crippen molar-refractivity contribution in [1.29, 1.82) is 5.26 Å². The molecule has 2 rings (SSSR count). The first-order valence-corrected chi connectivity index (χ1v) is 6.85. The summed E-state index contributed by atoms with van der Waals surface area (Å²) in [6.07, 6.45) is 0. The normalized spacial score (nSPS) is 17.0. The molecule has 1 saturated heterocycles. The smallest absolute Gasteiger partial charge is 0.287 e. The zero-order valence-electron chi connectivity index (χ0n) is 11.9. The van der Waals surface area contributed by atoms with Gasteiger partial charge in [-0.2, -0.15) is 5.26 Å². The van der Waals surface area contributed by atoms with Crippen molar-refractivity contribution in [3.63, 3.8) is 0 Å². The maximum Gasteiger partial charge on any atom is 0.287 e. The van der Waals surface area contributed by atoms with Gasteiger partial charge in [-0.05, 0) is 19.1 Å². The number of nitro groups is 1. The maximum atomic E-state index is 10.8. The molecule has 1 aromatic rings. The molecule has 1 unspecified atom stereocenters. The van der Waals surface area contributed by atoms with Crippen LogP contribution in [-0.4, -0.2) is 48.7 Å². The van der Waals surface area contributed by atoms with E-state index in [4.69, 9.17) is 10.00 Å². The first-order valence-electron chi connectivity index (χ1n) is 6.85. The summed E-state index contributed by atoms with van der Waals surface area (Å²) in [4.78, 5) is 12.6. The fraction of sp³-hybridized carbons (Fsp3) is 0.500. The Hall–Kier alpha value is -2.17. The third-order valence-corrected chi connectivity index (χ3v) is 3.36. The monoisotopic (exact) mass is 290 g/mol. The van der Waals surface area contributed by atoms with Crippen LogP contribution in [0.2, 0.25) is 0 Å². The number of nitrogens with one attached hydrogen (secondary N) is 1. The lowest BCUT2D eigenvalue weighted by atomic mass is 10.1. The van der Waals surface area contributed by atoms with Gasteiger partial charge in [0.25, 0.3) is 5.69 Å². The van der Waals surface area contributed by atoms with Gasteiger partial charge in [0.2, 0.25) is 0 Å². The van der Waals surface area contributed by atoms with Crippen LogP contribution in [0.25, 0.3) is 0 Å². The third kappa shape index (κ3) is 4.15. The Kier molecular flexibility index (Phi) is 5.09. The van der Waals surface area contributed by atoms with Crippen molar-refractivity contribution in [2.24, 2.45) is 0 Å². The zero-order valence-corrected chi connectivity index (χ0v) is 11.9. The topological polar surface area (TPSA) is 91.4 Å². The summed E-state index contributed by atoms with van der Waals surface area (Å²) in [5.74, 6) is 0. The summed E-state index contributed by atoms with van der Waals surface area (Å²) >= 11 is 0. The van der Waals surface area contributed by atoms with Gasteiger partial charge in [0.05, 0.1) is 18.1 Å². The molecule has 0 aliphatic carbocycles. The van der Waals surface area contributed by atoms with Crippen molar-refractivity contribution in [1.82, 2.24) is 4.90 Å². The zero-order chi connectivity index (χ0) is 15.2. The van der Waals surface area contributed by atoms with E-state index in [1.54, 1.807) is 6.07 Å². The number of nitriles is 1. The molecule has 21 heavy (non-hydrogen) atoms. The number of anilines is 1. The van der Waals surface area contributed by atoms with Gasteiger partial charge in [-0.3, -0.25) is 15.0 Å². The van der Waals surface area contributed by atoms with Gasteiger partial charge in [0.15, 0.2) is 0 Å². The van der Waals surface area contributed by atoms with Crippen molar-refractivity contribution >= 4 is 11.4 Å². The molecule has 0 amide bonds. The van der Waals surface area contributed by atoms with Crippen LogP contribution in [0.3, 0.4) is 0 Å². The standard InChI is InChI=1S/C14H18N4O3/c1-11(10-17-4-6-21-7-5-17)16-13-2-3-14(18(19)20)12(8-13)9-15/h2-3,8,11,16H,4-7,10H2,1H3. The van der Waals surface area contributed by atoms with Crippen LogP contribution in [0.15, 0.2) is 18.2 Å². The number of benzene rings is 1. The first-order chi connectivity index (χ1) is 10.1. The summed E-state index contributed by atoms with van der Waals surface area (Å²) in [7, 11) is 0. The lowest BCUT2D eigenvalue weighted by Gasteiger charge is -2.29. The van der Waals surface area contributed by atoms with Crippen LogP contribution in [0, 0.1) is 21.4 Å². The number of ether oxygens (including phenoxy) is 1. The van der Waals surface area contributed by atoms with Crippen molar-refractivity contribution in [2.75, 3.05) is 38.2 Å². The van der Waals surface area contributed by atoms with Crippen LogP contribution in [0.5, 0.6) is 0 Å². The summed E-state index contributed by atoms with van der Waals surface area (Å²) in [5, 5.41) is 23.0. The molecule has 7 nitrogen and oxygen atoms in total. The van der Waals surface area contributed by atoms with Crippen LogP contribution < -0.4 is 5.32 Å². The highest BCUT2D eigenvalue weighted by Crippen LogP contribution is 2.22. The van der Waals surface area contributed by atoms with Crippen molar-refractivity contribution in [3.05, 3.63) is 33.9 Å². The lowest BCUT2D eigenvalue weighted by Crippen LogP contribution is -2.42. The molecule has 1 aliphatic heterocycles. The second kappa shape index (κ2) is 7.02. The molecule has 112 valence electrons. The summed E-state index contributed by atoms with van der Waals surface area (Å²) in [6, 6.07) is 6.56. The highest BCUT2D eigenvalue weighted by Gasteiger charge is 2.16. The third-order valence-electron chi connectivity index (χ3n) is 3.36. The summed E-state index contributed by atoms with van der Waals surface area (Å²) in [5.41, 5.74) is 0.630. The fourth-order valence-corrected chi connectivity index (χ4v) is 2.38. The molecule has 1 atom stereocenters. The second-order valence-electron chi connectivity index (χ2n) is 5.06. The van der Waals surface area contributed by atoms with Crippen LogP contribution >= 0.6 is 0 Å². The molecule has 0 saturated carbocycles. The van der Waals surface area contributed by atoms with Gasteiger partial charge in [0, 0.05) is 37.4 Å². The minimum absolute atomic E-state index is 0.0728. The number of morpholine rings is 1. The van der Waals surface area contributed by atoms with Crippen molar-refractivity contribution in [3.8, 4) is 6.07 Å². The Morgan fingerprint density at radius 3 is 2.86 bits per heavy atom. The van der Waals surface area contributed by atoms with Crippen molar-refractivity contribution < 1.29 is 9.66 Å². The molecule has 1 aromatic carbocycles. The number of hydrogen-bond acceptors (Lipinski definition) is 6. The molecule has 0 bridgehead atoms. The maximum absolute atomic E-state index is 10.8. The summed E-state index contributed by atoms with van der Waals surface area (Å²) in [6.45, 7) is 6.24. The average molecular weight is 290 g/mol. The van der Waals surface area contributed by atoms with Crippen molar-refractivity contribution in [2.45, 2.75) is 13.0 Å². The highest BCUT2D eigenvalue weighted by atomic mass is 16.6. The molecule has 1 N–H and O–H groups in total. The van der Waals surface area contributed by atoms with E-state index in [0.717, 1.165) is 38.5 Å². The largest absolute Gasteiger partial charge is 0.381 e. The molecule has 0 spiro atoms. The predicted molar refractivity (Wildman–Crippen MR) is 78.2 cm³/mol. The van der Waals surface area contributed by atoms with E-state index in [1.807, 2.05) is 13.0 Å². The second-order valence-corrected chi connectivity index (χ2v) is 5.06. The number of rotatable bonds is 5. The molecule has 1 fully saturated rings. The average Bonchev–Trinajstić information content (AvgIpc) is 2.47. The number of nitro benzene ring substituents is 1. The summed E-state index contributed by atoms with van der Waals surface area (Å²) < 4.78 is 5.30. The van der Waals surface area contributed by atoms with E-state index in [0.29, 0.717) is 0 Å². The van der Waals surface area contributed by atoms with E-state index in [-0.39, 0.29) is 17.3 Å². The van der Waals surface area contributed by atoms with Gasteiger partial charge >= 0.3 is 0 Å². The minimum atomic E-state index is -0.542. The number of hydrogen-bond donors (Lipinski definition) is 1. The van der Waals surface area contributed by atoms with Gasteiger partial charge in [-0.15, -0.1) is 0 Å². The fourth-order valence-electron chi connectivity index (χ4n) is 2.38. The van der Waals surface area contributed by atoms with Gasteiger partial charge in [-0.25, -0.2) is 0 Å². The highest BCUT2D eigenvalue weighted by molar-refractivity contribution is 5.58. The van der Waals surface area contributed by atoms with E-state index in [2.05, 4.69) is 10.2 Å². The van der Waals surface area contributed by atoms with Gasteiger partial charge in [-0.1, -0.05) is 0 Å². The molecular formula is C14H18N4O3. The SMILES string of the molecule is CC(CN1CCOCC1)Nc1ccc([N+](=O)[O-])c(C#N)c1. The molecular weight excluding hydrogens is 272 g/mol. The molecule has 7 heteroatoms. The van der Waals surface area contributed by atoms with Crippen LogP contribution in [-0.2, 0) is 4.74 Å². The Morgan fingerprint density at radius 1 is 1.52 bits per heavy atom.